The molecule has 3 nitrogen and oxygen atoms in total. The summed E-state index contributed by atoms with van der Waals surface area (Å²) in [6.45, 7) is 3.14. The Labute approximate surface area is 133 Å². The van der Waals surface area contributed by atoms with Crippen molar-refractivity contribution in [2.75, 3.05) is 6.54 Å². The Hall–Kier alpha value is -0.840. The third-order valence-electron chi connectivity index (χ3n) is 3.30. The van der Waals surface area contributed by atoms with Gasteiger partial charge in [-0.2, -0.15) is 5.10 Å². The Morgan fingerprint density at radius 3 is 2.80 bits per heavy atom. The highest BCUT2D eigenvalue weighted by Crippen LogP contribution is 2.26. The van der Waals surface area contributed by atoms with E-state index in [0.717, 1.165) is 34.4 Å². The van der Waals surface area contributed by atoms with Gasteiger partial charge in [0.05, 0.1) is 11.7 Å². The van der Waals surface area contributed by atoms with Gasteiger partial charge in [-0.15, -0.1) is 0 Å². The van der Waals surface area contributed by atoms with Crippen molar-refractivity contribution < 1.29 is 0 Å². The van der Waals surface area contributed by atoms with Crippen molar-refractivity contribution in [3.8, 4) is 0 Å². The van der Waals surface area contributed by atoms with Gasteiger partial charge in [-0.1, -0.05) is 40.5 Å². The summed E-state index contributed by atoms with van der Waals surface area (Å²) in [4.78, 5) is 0. The Morgan fingerprint density at radius 1 is 1.40 bits per heavy atom. The predicted octanol–water partition coefficient (Wildman–Crippen LogP) is 4.12. The van der Waals surface area contributed by atoms with E-state index in [1.165, 1.54) is 5.69 Å². The van der Waals surface area contributed by atoms with Crippen LogP contribution in [0.2, 0.25) is 5.02 Å². The second-order valence-corrected chi connectivity index (χ2v) is 6.15. The molecule has 1 N–H and O–H groups in total. The molecule has 0 radical (unpaired) electrons. The van der Waals surface area contributed by atoms with E-state index in [1.54, 1.807) is 0 Å². The largest absolute Gasteiger partial charge is 0.308 e. The maximum Gasteiger partial charge on any atom is 0.0553 e. The van der Waals surface area contributed by atoms with Gasteiger partial charge in [0, 0.05) is 22.7 Å². The number of aryl methyl sites for hydroxylation is 1. The molecule has 0 amide bonds. The molecule has 0 aliphatic rings. The SMILES string of the molecule is CCCNC(Cc1ccc(Br)cc1Cl)c1ccnn1C. The Kier molecular flexibility index (Phi) is 5.64. The molecule has 20 heavy (non-hydrogen) atoms. The van der Waals surface area contributed by atoms with E-state index >= 15 is 0 Å². The lowest BCUT2D eigenvalue weighted by Gasteiger charge is -2.19. The van der Waals surface area contributed by atoms with Crippen molar-refractivity contribution in [1.29, 1.82) is 0 Å². The van der Waals surface area contributed by atoms with Gasteiger partial charge in [0.25, 0.3) is 0 Å². The van der Waals surface area contributed by atoms with Crippen molar-refractivity contribution in [1.82, 2.24) is 15.1 Å². The number of benzene rings is 1. The van der Waals surface area contributed by atoms with Gasteiger partial charge in [-0.05, 0) is 43.1 Å². The van der Waals surface area contributed by atoms with Crippen LogP contribution in [0.5, 0.6) is 0 Å². The molecule has 2 aromatic rings. The molecule has 1 unspecified atom stereocenters. The summed E-state index contributed by atoms with van der Waals surface area (Å²) < 4.78 is 2.92. The van der Waals surface area contributed by atoms with E-state index in [9.17, 15) is 0 Å². The molecule has 1 heterocycles. The molecule has 0 saturated carbocycles. The summed E-state index contributed by atoms with van der Waals surface area (Å²) in [5, 5.41) is 8.63. The van der Waals surface area contributed by atoms with Crippen LogP contribution in [0.4, 0.5) is 0 Å². The quantitative estimate of drug-likeness (QED) is 0.844. The number of halogens is 2. The molecule has 0 saturated heterocycles. The maximum atomic E-state index is 6.33. The van der Waals surface area contributed by atoms with Crippen molar-refractivity contribution >= 4 is 27.5 Å². The highest BCUT2D eigenvalue weighted by Gasteiger charge is 2.16. The molecule has 5 heteroatoms. The van der Waals surface area contributed by atoms with E-state index in [4.69, 9.17) is 11.6 Å². The van der Waals surface area contributed by atoms with Crippen molar-refractivity contribution in [3.63, 3.8) is 0 Å². The summed E-state index contributed by atoms with van der Waals surface area (Å²) in [5.74, 6) is 0. The predicted molar refractivity (Wildman–Crippen MR) is 87.1 cm³/mol. The normalized spacial score (nSPS) is 12.6. The molecular weight excluding hydrogens is 338 g/mol. The summed E-state index contributed by atoms with van der Waals surface area (Å²) >= 11 is 9.77. The zero-order valence-corrected chi connectivity index (χ0v) is 14.1. The molecule has 0 fully saturated rings. The topological polar surface area (TPSA) is 29.9 Å². The van der Waals surface area contributed by atoms with Crippen LogP contribution < -0.4 is 5.32 Å². The van der Waals surface area contributed by atoms with Crippen molar-refractivity contribution in [2.45, 2.75) is 25.8 Å². The van der Waals surface area contributed by atoms with Crippen LogP contribution in [0, 0.1) is 0 Å². The van der Waals surface area contributed by atoms with Gasteiger partial charge < -0.3 is 5.32 Å². The molecule has 1 aromatic heterocycles. The zero-order chi connectivity index (χ0) is 14.5. The fraction of sp³-hybridized carbons (Fsp3) is 0.400. The van der Waals surface area contributed by atoms with Gasteiger partial charge >= 0.3 is 0 Å². The lowest BCUT2D eigenvalue weighted by Crippen LogP contribution is -2.26. The van der Waals surface area contributed by atoms with Gasteiger partial charge in [0.2, 0.25) is 0 Å². The zero-order valence-electron chi connectivity index (χ0n) is 11.7. The number of aromatic nitrogens is 2. The fourth-order valence-electron chi connectivity index (χ4n) is 2.23. The highest BCUT2D eigenvalue weighted by molar-refractivity contribution is 9.10. The summed E-state index contributed by atoms with van der Waals surface area (Å²) in [6.07, 6.45) is 3.78. The molecule has 0 bridgehead atoms. The molecule has 1 aromatic carbocycles. The van der Waals surface area contributed by atoms with Gasteiger partial charge in [-0.25, -0.2) is 0 Å². The van der Waals surface area contributed by atoms with Crippen LogP contribution in [0.25, 0.3) is 0 Å². The minimum absolute atomic E-state index is 0.223. The minimum atomic E-state index is 0.223. The standard InChI is InChI=1S/C15H19BrClN3/c1-3-7-18-14(15-6-8-19-20(15)2)9-11-4-5-12(16)10-13(11)17/h4-6,8,10,14,18H,3,7,9H2,1-2H3. The van der Waals surface area contributed by atoms with E-state index < -0.39 is 0 Å². The Balaban J connectivity index is 2.21. The Bertz CT molecular complexity index is 568. The summed E-state index contributed by atoms with van der Waals surface area (Å²) in [7, 11) is 1.97. The molecule has 0 spiro atoms. The van der Waals surface area contributed by atoms with Crippen molar-refractivity contribution in [3.05, 3.63) is 51.2 Å². The molecular formula is C15H19BrClN3. The third kappa shape index (κ3) is 3.84. The lowest BCUT2D eigenvalue weighted by molar-refractivity contribution is 0.493. The van der Waals surface area contributed by atoms with Crippen LogP contribution in [0.1, 0.15) is 30.6 Å². The van der Waals surface area contributed by atoms with Gasteiger partial charge in [0.1, 0.15) is 0 Å². The van der Waals surface area contributed by atoms with Crippen LogP contribution in [0.15, 0.2) is 34.9 Å². The third-order valence-corrected chi connectivity index (χ3v) is 4.14. The van der Waals surface area contributed by atoms with E-state index in [-0.39, 0.29) is 6.04 Å². The van der Waals surface area contributed by atoms with Crippen LogP contribution in [-0.4, -0.2) is 16.3 Å². The van der Waals surface area contributed by atoms with Crippen LogP contribution in [0.3, 0.4) is 0 Å². The van der Waals surface area contributed by atoms with Crippen LogP contribution >= 0.6 is 27.5 Å². The summed E-state index contributed by atoms with van der Waals surface area (Å²) in [6, 6.07) is 8.32. The number of nitrogens with zero attached hydrogens (tertiary/aromatic N) is 2. The van der Waals surface area contributed by atoms with E-state index in [0.29, 0.717) is 0 Å². The van der Waals surface area contributed by atoms with Crippen molar-refractivity contribution in [2.24, 2.45) is 7.05 Å². The number of rotatable bonds is 6. The van der Waals surface area contributed by atoms with Gasteiger partial charge in [0.15, 0.2) is 0 Å². The second kappa shape index (κ2) is 7.25. The molecule has 1 atom stereocenters. The van der Waals surface area contributed by atoms with E-state index in [1.807, 2.05) is 30.1 Å². The number of hydrogen-bond donors (Lipinski definition) is 1. The second-order valence-electron chi connectivity index (χ2n) is 4.83. The maximum absolute atomic E-state index is 6.33. The molecule has 2 rings (SSSR count). The van der Waals surface area contributed by atoms with Gasteiger partial charge in [-0.3, -0.25) is 4.68 Å². The molecule has 0 aliphatic heterocycles. The smallest absolute Gasteiger partial charge is 0.0553 e. The molecule has 0 aliphatic carbocycles. The average molecular weight is 357 g/mol. The number of hydrogen-bond acceptors (Lipinski definition) is 2. The van der Waals surface area contributed by atoms with Crippen LogP contribution in [-0.2, 0) is 13.5 Å². The first-order valence-corrected chi connectivity index (χ1v) is 7.94. The average Bonchev–Trinajstić information content (AvgIpc) is 2.83. The Morgan fingerprint density at radius 2 is 2.20 bits per heavy atom. The first-order valence-electron chi connectivity index (χ1n) is 6.77. The highest BCUT2D eigenvalue weighted by atomic mass is 79.9. The van der Waals surface area contributed by atoms with E-state index in [2.05, 4.69) is 45.4 Å². The molecule has 108 valence electrons. The first kappa shape index (κ1) is 15.5. The number of nitrogens with one attached hydrogen (secondary N) is 1. The lowest BCUT2D eigenvalue weighted by atomic mass is 10.0. The fourth-order valence-corrected chi connectivity index (χ4v) is 2.98. The monoisotopic (exact) mass is 355 g/mol. The first-order chi connectivity index (χ1) is 9.61. The minimum Gasteiger partial charge on any atom is -0.308 e. The summed E-state index contributed by atoms with van der Waals surface area (Å²) in [5.41, 5.74) is 2.32.